The van der Waals surface area contributed by atoms with Crippen molar-refractivity contribution in [3.8, 4) is 0 Å². The summed E-state index contributed by atoms with van der Waals surface area (Å²) in [5, 5.41) is 0. The van der Waals surface area contributed by atoms with Crippen LogP contribution >= 0.6 is 0 Å². The maximum atomic E-state index is 11.6. The minimum absolute atomic E-state index is 0.255. The fourth-order valence-corrected chi connectivity index (χ4v) is 1.01. The molecule has 5 heteroatoms. The SMILES string of the molecule is C=CCCOC(=O)C(C)N(C)C(=O)OCCC=C. The van der Waals surface area contributed by atoms with Crippen molar-refractivity contribution < 1.29 is 19.1 Å². The number of esters is 1. The van der Waals surface area contributed by atoms with Crippen molar-refractivity contribution in [1.29, 1.82) is 0 Å². The van der Waals surface area contributed by atoms with E-state index in [4.69, 9.17) is 9.47 Å². The van der Waals surface area contributed by atoms with Gasteiger partial charge in [0.15, 0.2) is 0 Å². The molecule has 18 heavy (non-hydrogen) atoms. The molecule has 0 rings (SSSR count). The summed E-state index contributed by atoms with van der Waals surface area (Å²) >= 11 is 0. The Hall–Kier alpha value is -1.78. The molecule has 0 aliphatic heterocycles. The van der Waals surface area contributed by atoms with E-state index in [9.17, 15) is 9.59 Å². The van der Waals surface area contributed by atoms with E-state index >= 15 is 0 Å². The molecule has 1 unspecified atom stereocenters. The third-order valence-corrected chi connectivity index (χ3v) is 2.32. The van der Waals surface area contributed by atoms with Gasteiger partial charge in [0.25, 0.3) is 0 Å². The zero-order valence-corrected chi connectivity index (χ0v) is 11.1. The van der Waals surface area contributed by atoms with E-state index in [0.29, 0.717) is 12.8 Å². The Bertz CT molecular complexity index is 271. The molecule has 5 nitrogen and oxygen atoms in total. The molecule has 0 spiro atoms. The van der Waals surface area contributed by atoms with Crippen LogP contribution in [0.5, 0.6) is 0 Å². The zero-order valence-electron chi connectivity index (χ0n) is 11.1. The van der Waals surface area contributed by atoms with Crippen molar-refractivity contribution >= 4 is 12.1 Å². The molecule has 1 amide bonds. The molecule has 0 N–H and O–H groups in total. The third kappa shape index (κ3) is 6.08. The number of carbonyl (C=O) groups is 2. The Balaban J connectivity index is 4.09. The number of carbonyl (C=O) groups excluding carboxylic acids is 2. The molecule has 0 saturated carbocycles. The summed E-state index contributed by atoms with van der Waals surface area (Å²) < 4.78 is 9.90. The van der Waals surface area contributed by atoms with Gasteiger partial charge >= 0.3 is 12.1 Å². The molecule has 0 aromatic heterocycles. The van der Waals surface area contributed by atoms with Crippen LogP contribution in [0.2, 0.25) is 0 Å². The van der Waals surface area contributed by atoms with Gasteiger partial charge in [-0.25, -0.2) is 9.59 Å². The first-order valence-corrected chi connectivity index (χ1v) is 5.82. The van der Waals surface area contributed by atoms with Gasteiger partial charge in [0.2, 0.25) is 0 Å². The van der Waals surface area contributed by atoms with Crippen LogP contribution in [0.3, 0.4) is 0 Å². The molecular weight excluding hydrogens is 234 g/mol. The summed E-state index contributed by atoms with van der Waals surface area (Å²) in [6.45, 7) is 9.16. The fourth-order valence-electron chi connectivity index (χ4n) is 1.01. The average Bonchev–Trinajstić information content (AvgIpc) is 2.37. The van der Waals surface area contributed by atoms with Gasteiger partial charge in [-0.3, -0.25) is 4.90 Å². The first-order chi connectivity index (χ1) is 8.54. The molecule has 1 atom stereocenters. The van der Waals surface area contributed by atoms with Crippen LogP contribution in [0, 0.1) is 0 Å². The summed E-state index contributed by atoms with van der Waals surface area (Å²) in [5.41, 5.74) is 0. The van der Waals surface area contributed by atoms with E-state index in [2.05, 4.69) is 13.2 Å². The van der Waals surface area contributed by atoms with Crippen molar-refractivity contribution in [1.82, 2.24) is 4.90 Å². The minimum Gasteiger partial charge on any atom is -0.464 e. The summed E-state index contributed by atoms with van der Waals surface area (Å²) in [4.78, 5) is 24.3. The first kappa shape index (κ1) is 16.2. The highest BCUT2D eigenvalue weighted by Crippen LogP contribution is 2.02. The normalized spacial score (nSPS) is 11.2. The van der Waals surface area contributed by atoms with Crippen LogP contribution in [0.4, 0.5) is 4.79 Å². The molecule has 0 aromatic carbocycles. The molecule has 0 aromatic rings. The molecular formula is C13H21NO4. The lowest BCUT2D eigenvalue weighted by Crippen LogP contribution is -2.41. The number of hydrogen-bond donors (Lipinski definition) is 0. The molecule has 0 aliphatic rings. The van der Waals surface area contributed by atoms with E-state index < -0.39 is 18.1 Å². The predicted molar refractivity (Wildman–Crippen MR) is 69.2 cm³/mol. The molecule has 0 bridgehead atoms. The lowest BCUT2D eigenvalue weighted by molar-refractivity contribution is -0.148. The largest absolute Gasteiger partial charge is 0.464 e. The number of ether oxygens (including phenoxy) is 2. The molecule has 0 saturated heterocycles. The third-order valence-electron chi connectivity index (χ3n) is 2.32. The van der Waals surface area contributed by atoms with E-state index in [1.807, 2.05) is 0 Å². The monoisotopic (exact) mass is 255 g/mol. The Labute approximate surface area is 108 Å². The van der Waals surface area contributed by atoms with Crippen molar-refractivity contribution in [2.75, 3.05) is 20.3 Å². The second kappa shape index (κ2) is 9.27. The van der Waals surface area contributed by atoms with Crippen LogP contribution in [-0.2, 0) is 14.3 Å². The van der Waals surface area contributed by atoms with Crippen molar-refractivity contribution in [3.63, 3.8) is 0 Å². The van der Waals surface area contributed by atoms with Gasteiger partial charge in [0.05, 0.1) is 13.2 Å². The maximum Gasteiger partial charge on any atom is 0.410 e. The fraction of sp³-hybridized carbons (Fsp3) is 0.538. The van der Waals surface area contributed by atoms with Crippen LogP contribution in [0.25, 0.3) is 0 Å². The van der Waals surface area contributed by atoms with Crippen LogP contribution in [0.15, 0.2) is 25.3 Å². The average molecular weight is 255 g/mol. The van der Waals surface area contributed by atoms with Crippen molar-refractivity contribution in [3.05, 3.63) is 25.3 Å². The number of nitrogens with zero attached hydrogens (tertiary/aromatic N) is 1. The molecule has 0 radical (unpaired) electrons. The number of rotatable bonds is 8. The highest BCUT2D eigenvalue weighted by molar-refractivity contribution is 5.80. The number of likely N-dealkylation sites (N-methyl/N-ethyl adjacent to an activating group) is 1. The second-order valence-electron chi connectivity index (χ2n) is 3.72. The standard InChI is InChI=1S/C13H21NO4/c1-5-7-9-17-12(15)11(3)14(4)13(16)18-10-8-6-2/h5-6,11H,1-2,7-10H2,3-4H3. The van der Waals surface area contributed by atoms with E-state index in [1.54, 1.807) is 19.1 Å². The molecule has 0 aliphatic carbocycles. The van der Waals surface area contributed by atoms with Crippen LogP contribution in [-0.4, -0.2) is 43.3 Å². The van der Waals surface area contributed by atoms with Crippen molar-refractivity contribution in [2.24, 2.45) is 0 Å². The Morgan fingerprint density at radius 1 is 1.17 bits per heavy atom. The number of amides is 1. The topological polar surface area (TPSA) is 55.8 Å². The lowest BCUT2D eigenvalue weighted by Gasteiger charge is -2.22. The van der Waals surface area contributed by atoms with E-state index in [0.717, 1.165) is 0 Å². The van der Waals surface area contributed by atoms with Gasteiger partial charge in [-0.05, 0) is 19.8 Å². The Morgan fingerprint density at radius 3 is 2.17 bits per heavy atom. The van der Waals surface area contributed by atoms with Gasteiger partial charge in [0, 0.05) is 7.05 Å². The first-order valence-electron chi connectivity index (χ1n) is 5.82. The van der Waals surface area contributed by atoms with Crippen LogP contribution < -0.4 is 0 Å². The minimum atomic E-state index is -0.675. The summed E-state index contributed by atoms with van der Waals surface area (Å²) in [6.07, 6.45) is 3.93. The molecule has 102 valence electrons. The smallest absolute Gasteiger partial charge is 0.410 e. The van der Waals surface area contributed by atoms with Gasteiger partial charge in [-0.2, -0.15) is 0 Å². The highest BCUT2D eigenvalue weighted by Gasteiger charge is 2.24. The van der Waals surface area contributed by atoms with Crippen LogP contribution in [0.1, 0.15) is 19.8 Å². The maximum absolute atomic E-state index is 11.6. The van der Waals surface area contributed by atoms with Gasteiger partial charge in [-0.1, -0.05) is 12.2 Å². The zero-order chi connectivity index (χ0) is 14.0. The number of hydrogen-bond acceptors (Lipinski definition) is 4. The lowest BCUT2D eigenvalue weighted by atomic mass is 10.3. The quantitative estimate of drug-likeness (QED) is 0.379. The Morgan fingerprint density at radius 2 is 1.67 bits per heavy atom. The second-order valence-corrected chi connectivity index (χ2v) is 3.72. The van der Waals surface area contributed by atoms with E-state index in [1.165, 1.54) is 11.9 Å². The Kier molecular flexibility index (Phi) is 8.35. The van der Waals surface area contributed by atoms with Crippen molar-refractivity contribution in [2.45, 2.75) is 25.8 Å². The highest BCUT2D eigenvalue weighted by atomic mass is 16.6. The summed E-state index contributed by atoms with van der Waals surface area (Å²) in [6, 6.07) is -0.675. The summed E-state index contributed by atoms with van der Waals surface area (Å²) in [5.74, 6) is -0.458. The molecule has 0 fully saturated rings. The van der Waals surface area contributed by atoms with Gasteiger partial charge in [0.1, 0.15) is 6.04 Å². The van der Waals surface area contributed by atoms with Gasteiger partial charge in [-0.15, -0.1) is 13.2 Å². The predicted octanol–water partition coefficient (Wildman–Crippen LogP) is 2.14. The summed E-state index contributed by atoms with van der Waals surface area (Å²) in [7, 11) is 1.50. The van der Waals surface area contributed by atoms with Gasteiger partial charge < -0.3 is 9.47 Å². The van der Waals surface area contributed by atoms with E-state index in [-0.39, 0.29) is 13.2 Å². The molecule has 0 heterocycles.